The van der Waals surface area contributed by atoms with E-state index in [4.69, 9.17) is 10.5 Å². The topological polar surface area (TPSA) is 67.6 Å². The van der Waals surface area contributed by atoms with Crippen molar-refractivity contribution in [3.05, 3.63) is 0 Å². The SMILES string of the molecule is CC1CN(C2CCCC(NC3CC3)(C(N)=O)C2)CC(C)O1. The molecule has 0 aromatic carbocycles. The number of amides is 1. The molecular formula is C16H29N3O2. The highest BCUT2D eigenvalue weighted by Crippen LogP contribution is 2.35. The van der Waals surface area contributed by atoms with Crippen molar-refractivity contribution in [2.45, 2.75) is 82.2 Å². The van der Waals surface area contributed by atoms with Crippen molar-refractivity contribution in [1.82, 2.24) is 10.2 Å². The molecule has 1 heterocycles. The molecular weight excluding hydrogens is 266 g/mol. The molecule has 1 amide bonds. The van der Waals surface area contributed by atoms with Crippen molar-refractivity contribution < 1.29 is 9.53 Å². The average molecular weight is 295 g/mol. The Kier molecular flexibility index (Phi) is 4.26. The first-order valence-corrected chi connectivity index (χ1v) is 8.45. The summed E-state index contributed by atoms with van der Waals surface area (Å²) in [5.74, 6) is -0.159. The normalized spacial score (nSPS) is 41.9. The highest BCUT2D eigenvalue weighted by Gasteiger charge is 2.46. The molecule has 0 spiro atoms. The lowest BCUT2D eigenvalue weighted by molar-refractivity contribution is -0.128. The standard InChI is InChI=1S/C16H29N3O2/c1-11-9-19(10-12(2)21-11)14-4-3-7-16(8-14,15(17)20)18-13-5-6-13/h11-14,18H,3-10H2,1-2H3,(H2,17,20). The molecule has 3 fully saturated rings. The minimum Gasteiger partial charge on any atom is -0.373 e. The zero-order valence-electron chi connectivity index (χ0n) is 13.3. The fourth-order valence-electron chi connectivity index (χ4n) is 4.12. The van der Waals surface area contributed by atoms with E-state index in [1.165, 1.54) is 19.3 Å². The number of hydrogen-bond acceptors (Lipinski definition) is 4. The van der Waals surface area contributed by atoms with Gasteiger partial charge in [-0.05, 0) is 52.4 Å². The van der Waals surface area contributed by atoms with Gasteiger partial charge in [0.25, 0.3) is 0 Å². The molecule has 4 atom stereocenters. The van der Waals surface area contributed by atoms with Gasteiger partial charge in [-0.2, -0.15) is 0 Å². The number of primary amides is 1. The fraction of sp³-hybridized carbons (Fsp3) is 0.938. The van der Waals surface area contributed by atoms with Gasteiger partial charge in [0, 0.05) is 25.2 Å². The summed E-state index contributed by atoms with van der Waals surface area (Å²) in [6.07, 6.45) is 6.92. The van der Waals surface area contributed by atoms with E-state index in [2.05, 4.69) is 24.1 Å². The van der Waals surface area contributed by atoms with Crippen LogP contribution >= 0.6 is 0 Å². The Hall–Kier alpha value is -0.650. The molecule has 0 aromatic rings. The van der Waals surface area contributed by atoms with E-state index >= 15 is 0 Å². The van der Waals surface area contributed by atoms with Crippen LogP contribution in [0.2, 0.25) is 0 Å². The molecule has 1 saturated heterocycles. The zero-order chi connectivity index (χ0) is 15.0. The molecule has 3 aliphatic rings. The number of ether oxygens (including phenoxy) is 1. The first-order chi connectivity index (χ1) is 9.98. The second-order valence-electron chi connectivity index (χ2n) is 7.33. The summed E-state index contributed by atoms with van der Waals surface area (Å²) in [4.78, 5) is 14.6. The lowest BCUT2D eigenvalue weighted by Crippen LogP contribution is -2.62. The number of carbonyl (C=O) groups is 1. The van der Waals surface area contributed by atoms with Crippen molar-refractivity contribution in [2.24, 2.45) is 5.73 Å². The maximum atomic E-state index is 12.1. The number of morpholine rings is 1. The van der Waals surface area contributed by atoms with Crippen LogP contribution in [-0.4, -0.2) is 53.7 Å². The monoisotopic (exact) mass is 295 g/mol. The van der Waals surface area contributed by atoms with Crippen LogP contribution in [0.4, 0.5) is 0 Å². The molecule has 0 aromatic heterocycles. The maximum Gasteiger partial charge on any atom is 0.237 e. The number of hydrogen-bond donors (Lipinski definition) is 2. The van der Waals surface area contributed by atoms with E-state index in [0.717, 1.165) is 32.4 Å². The molecule has 3 rings (SSSR count). The Morgan fingerprint density at radius 2 is 1.90 bits per heavy atom. The summed E-state index contributed by atoms with van der Waals surface area (Å²) in [7, 11) is 0. The molecule has 5 nitrogen and oxygen atoms in total. The van der Waals surface area contributed by atoms with Gasteiger partial charge in [0.1, 0.15) is 0 Å². The third-order valence-corrected chi connectivity index (χ3v) is 5.22. The van der Waals surface area contributed by atoms with Gasteiger partial charge in [0.05, 0.1) is 17.7 Å². The molecule has 2 aliphatic carbocycles. The molecule has 5 heteroatoms. The second kappa shape index (κ2) is 5.86. The van der Waals surface area contributed by atoms with Crippen molar-refractivity contribution >= 4 is 5.91 Å². The van der Waals surface area contributed by atoms with Crippen LogP contribution in [0.15, 0.2) is 0 Å². The van der Waals surface area contributed by atoms with Crippen molar-refractivity contribution in [1.29, 1.82) is 0 Å². The van der Waals surface area contributed by atoms with Crippen LogP contribution < -0.4 is 11.1 Å². The number of nitrogens with zero attached hydrogens (tertiary/aromatic N) is 1. The van der Waals surface area contributed by atoms with Crippen LogP contribution in [0.5, 0.6) is 0 Å². The van der Waals surface area contributed by atoms with Crippen molar-refractivity contribution in [2.75, 3.05) is 13.1 Å². The molecule has 0 bridgehead atoms. The van der Waals surface area contributed by atoms with Crippen LogP contribution in [0.1, 0.15) is 52.4 Å². The number of nitrogens with two attached hydrogens (primary N) is 1. The van der Waals surface area contributed by atoms with Crippen LogP contribution in [-0.2, 0) is 9.53 Å². The predicted octanol–water partition coefficient (Wildman–Crippen LogP) is 1.01. The van der Waals surface area contributed by atoms with Gasteiger partial charge in [-0.25, -0.2) is 0 Å². The Bertz CT molecular complexity index is 389. The summed E-state index contributed by atoms with van der Waals surface area (Å²) in [6, 6.07) is 0.963. The smallest absolute Gasteiger partial charge is 0.237 e. The molecule has 21 heavy (non-hydrogen) atoms. The van der Waals surface area contributed by atoms with E-state index in [1.807, 2.05) is 0 Å². The fourth-order valence-corrected chi connectivity index (χ4v) is 4.12. The van der Waals surface area contributed by atoms with Crippen molar-refractivity contribution in [3.8, 4) is 0 Å². The first-order valence-electron chi connectivity index (χ1n) is 8.45. The number of carbonyl (C=O) groups excluding carboxylic acids is 1. The van der Waals surface area contributed by atoms with E-state index < -0.39 is 5.54 Å². The first kappa shape index (κ1) is 15.3. The Labute approximate surface area is 127 Å². The highest BCUT2D eigenvalue weighted by molar-refractivity contribution is 5.85. The van der Waals surface area contributed by atoms with Crippen molar-refractivity contribution in [3.63, 3.8) is 0 Å². The summed E-state index contributed by atoms with van der Waals surface area (Å²) in [6.45, 7) is 6.20. The minimum absolute atomic E-state index is 0.159. The van der Waals surface area contributed by atoms with Gasteiger partial charge in [0.2, 0.25) is 5.91 Å². The zero-order valence-corrected chi connectivity index (χ0v) is 13.3. The highest BCUT2D eigenvalue weighted by atomic mass is 16.5. The molecule has 120 valence electrons. The van der Waals surface area contributed by atoms with E-state index in [-0.39, 0.29) is 18.1 Å². The Morgan fingerprint density at radius 1 is 1.24 bits per heavy atom. The van der Waals surface area contributed by atoms with Gasteiger partial charge in [0.15, 0.2) is 0 Å². The van der Waals surface area contributed by atoms with Crippen LogP contribution in [0, 0.1) is 0 Å². The lowest BCUT2D eigenvalue weighted by Gasteiger charge is -2.46. The summed E-state index contributed by atoms with van der Waals surface area (Å²) in [5.41, 5.74) is 5.30. The third-order valence-electron chi connectivity index (χ3n) is 5.22. The van der Waals surface area contributed by atoms with Crippen LogP contribution in [0.3, 0.4) is 0 Å². The minimum atomic E-state index is -0.477. The van der Waals surface area contributed by atoms with E-state index in [9.17, 15) is 4.79 Å². The average Bonchev–Trinajstić information content (AvgIpc) is 3.21. The molecule has 2 saturated carbocycles. The lowest BCUT2D eigenvalue weighted by atomic mass is 9.77. The van der Waals surface area contributed by atoms with E-state index in [1.54, 1.807) is 0 Å². The van der Waals surface area contributed by atoms with Gasteiger partial charge < -0.3 is 15.8 Å². The van der Waals surface area contributed by atoms with Gasteiger partial charge in [-0.3, -0.25) is 9.69 Å². The number of rotatable bonds is 4. The summed E-state index contributed by atoms with van der Waals surface area (Å²) in [5, 5.41) is 3.56. The molecule has 1 aliphatic heterocycles. The maximum absolute atomic E-state index is 12.1. The summed E-state index contributed by atoms with van der Waals surface area (Å²) < 4.78 is 5.83. The van der Waals surface area contributed by atoms with Crippen LogP contribution in [0.25, 0.3) is 0 Å². The second-order valence-corrected chi connectivity index (χ2v) is 7.33. The van der Waals surface area contributed by atoms with Gasteiger partial charge in [-0.1, -0.05) is 0 Å². The quantitative estimate of drug-likeness (QED) is 0.812. The molecule has 4 unspecified atom stereocenters. The Morgan fingerprint density at radius 3 is 2.48 bits per heavy atom. The molecule has 0 radical (unpaired) electrons. The predicted molar refractivity (Wildman–Crippen MR) is 81.9 cm³/mol. The Balaban J connectivity index is 1.69. The molecule has 3 N–H and O–H groups in total. The van der Waals surface area contributed by atoms with Gasteiger partial charge in [-0.15, -0.1) is 0 Å². The largest absolute Gasteiger partial charge is 0.373 e. The number of nitrogens with one attached hydrogen (secondary N) is 1. The van der Waals surface area contributed by atoms with Gasteiger partial charge >= 0.3 is 0 Å². The summed E-state index contributed by atoms with van der Waals surface area (Å²) >= 11 is 0. The third kappa shape index (κ3) is 3.41. The van der Waals surface area contributed by atoms with E-state index in [0.29, 0.717) is 12.1 Å².